The van der Waals surface area contributed by atoms with Gasteiger partial charge in [-0.3, -0.25) is 0 Å². The lowest BCUT2D eigenvalue weighted by Gasteiger charge is -2.10. The molecule has 0 aliphatic rings. The topological polar surface area (TPSA) is 12.0 Å². The van der Waals surface area contributed by atoms with E-state index >= 15 is 0 Å². The Morgan fingerprint density at radius 1 is 1.36 bits per heavy atom. The van der Waals surface area contributed by atoms with E-state index < -0.39 is 0 Å². The van der Waals surface area contributed by atoms with E-state index in [9.17, 15) is 0 Å². The van der Waals surface area contributed by atoms with Crippen molar-refractivity contribution in [2.75, 3.05) is 11.9 Å². The van der Waals surface area contributed by atoms with E-state index in [4.69, 9.17) is 0 Å². The molecule has 0 heterocycles. The highest BCUT2D eigenvalue weighted by Crippen LogP contribution is 2.16. The molecule has 1 N–H and O–H groups in total. The van der Waals surface area contributed by atoms with E-state index in [1.54, 1.807) is 0 Å². The first-order valence-electron chi connectivity index (χ1n) is 5.19. The average molecular weight is 189 g/mol. The molecule has 0 aromatic heterocycles. The van der Waals surface area contributed by atoms with Crippen LogP contribution in [0, 0.1) is 5.92 Å². The van der Waals surface area contributed by atoms with Crippen molar-refractivity contribution in [2.45, 2.75) is 20.3 Å². The molecular weight excluding hydrogens is 170 g/mol. The third-order valence-electron chi connectivity index (χ3n) is 2.22. The van der Waals surface area contributed by atoms with Gasteiger partial charge in [0, 0.05) is 12.2 Å². The van der Waals surface area contributed by atoms with Crippen LogP contribution in [0.3, 0.4) is 0 Å². The van der Waals surface area contributed by atoms with Gasteiger partial charge in [0.1, 0.15) is 0 Å². The average Bonchev–Trinajstić information content (AvgIpc) is 2.18. The van der Waals surface area contributed by atoms with Gasteiger partial charge in [0.05, 0.1) is 0 Å². The highest BCUT2D eigenvalue weighted by molar-refractivity contribution is 5.65. The van der Waals surface area contributed by atoms with Crippen LogP contribution in [-0.4, -0.2) is 6.54 Å². The Balaban J connectivity index is 2.53. The summed E-state index contributed by atoms with van der Waals surface area (Å²) in [6.07, 6.45) is 3.09. The van der Waals surface area contributed by atoms with Gasteiger partial charge < -0.3 is 5.32 Å². The molecule has 0 radical (unpaired) electrons. The molecule has 0 aliphatic heterocycles. The Hall–Kier alpha value is -1.24. The Bertz CT molecular complexity index is 289. The molecule has 0 saturated heterocycles. The van der Waals surface area contributed by atoms with Crippen molar-refractivity contribution in [3.63, 3.8) is 0 Å². The van der Waals surface area contributed by atoms with Gasteiger partial charge in [-0.15, -0.1) is 0 Å². The maximum Gasteiger partial charge on any atom is 0.0413 e. The van der Waals surface area contributed by atoms with Gasteiger partial charge in [-0.2, -0.15) is 0 Å². The van der Waals surface area contributed by atoms with E-state index in [-0.39, 0.29) is 0 Å². The molecule has 0 unspecified atom stereocenters. The van der Waals surface area contributed by atoms with Crippen molar-refractivity contribution in [1.29, 1.82) is 0 Å². The summed E-state index contributed by atoms with van der Waals surface area (Å²) in [6.45, 7) is 9.30. The minimum absolute atomic E-state index is 0.749. The fourth-order valence-corrected chi connectivity index (χ4v) is 1.33. The summed E-state index contributed by atoms with van der Waals surface area (Å²) in [5.41, 5.74) is 2.36. The second-order valence-electron chi connectivity index (χ2n) is 3.90. The smallest absolute Gasteiger partial charge is 0.0413 e. The lowest BCUT2D eigenvalue weighted by molar-refractivity contribution is 0.607. The van der Waals surface area contributed by atoms with Gasteiger partial charge >= 0.3 is 0 Å². The summed E-state index contributed by atoms with van der Waals surface area (Å²) >= 11 is 0. The molecule has 1 aromatic rings. The summed E-state index contributed by atoms with van der Waals surface area (Å²) in [7, 11) is 0. The van der Waals surface area contributed by atoms with Crippen molar-refractivity contribution in [3.8, 4) is 0 Å². The molecule has 0 aliphatic carbocycles. The van der Waals surface area contributed by atoms with Crippen LogP contribution in [0.5, 0.6) is 0 Å². The monoisotopic (exact) mass is 189 g/mol. The normalized spacial score (nSPS) is 10.2. The van der Waals surface area contributed by atoms with Crippen LogP contribution in [0.15, 0.2) is 30.8 Å². The van der Waals surface area contributed by atoms with E-state index in [0.29, 0.717) is 0 Å². The van der Waals surface area contributed by atoms with Gasteiger partial charge in [0.2, 0.25) is 0 Å². The second kappa shape index (κ2) is 5.48. The lowest BCUT2D eigenvalue weighted by Crippen LogP contribution is -2.05. The van der Waals surface area contributed by atoms with Gasteiger partial charge in [-0.05, 0) is 24.0 Å². The van der Waals surface area contributed by atoms with Gasteiger partial charge in [-0.1, -0.05) is 44.7 Å². The van der Waals surface area contributed by atoms with Crippen molar-refractivity contribution in [1.82, 2.24) is 0 Å². The van der Waals surface area contributed by atoms with Crippen molar-refractivity contribution < 1.29 is 0 Å². The zero-order valence-electron chi connectivity index (χ0n) is 9.09. The van der Waals surface area contributed by atoms with E-state index in [0.717, 1.165) is 12.5 Å². The standard InChI is InChI=1S/C13H19N/c1-4-12-7-5-6-8-13(12)14-10-9-11(2)3/h4-8,11,14H,1,9-10H2,2-3H3. The van der Waals surface area contributed by atoms with E-state index in [1.807, 2.05) is 18.2 Å². The number of anilines is 1. The summed E-state index contributed by atoms with van der Waals surface area (Å²) in [5.74, 6) is 0.749. The SMILES string of the molecule is C=Cc1ccccc1NCCC(C)C. The van der Waals surface area contributed by atoms with Crippen LogP contribution < -0.4 is 5.32 Å². The van der Waals surface area contributed by atoms with Crippen LogP contribution in [0.2, 0.25) is 0 Å². The number of nitrogens with one attached hydrogen (secondary N) is 1. The van der Waals surface area contributed by atoms with Gasteiger partial charge in [0.25, 0.3) is 0 Å². The molecule has 76 valence electrons. The molecule has 0 spiro atoms. The first-order valence-corrected chi connectivity index (χ1v) is 5.19. The van der Waals surface area contributed by atoms with Crippen molar-refractivity contribution >= 4 is 11.8 Å². The van der Waals surface area contributed by atoms with Crippen molar-refractivity contribution in [3.05, 3.63) is 36.4 Å². The van der Waals surface area contributed by atoms with Gasteiger partial charge in [0.15, 0.2) is 0 Å². The number of hydrogen-bond acceptors (Lipinski definition) is 1. The number of benzene rings is 1. The van der Waals surface area contributed by atoms with E-state index in [2.05, 4.69) is 37.9 Å². The summed E-state index contributed by atoms with van der Waals surface area (Å²) in [5, 5.41) is 3.42. The van der Waals surface area contributed by atoms with E-state index in [1.165, 1.54) is 17.7 Å². The Kier molecular flexibility index (Phi) is 4.24. The second-order valence-corrected chi connectivity index (χ2v) is 3.90. The largest absolute Gasteiger partial charge is 0.385 e. The lowest BCUT2D eigenvalue weighted by atomic mass is 10.1. The molecule has 1 aromatic carbocycles. The molecule has 14 heavy (non-hydrogen) atoms. The number of hydrogen-bond donors (Lipinski definition) is 1. The maximum atomic E-state index is 3.79. The molecule has 0 saturated carbocycles. The van der Waals surface area contributed by atoms with Crippen LogP contribution >= 0.6 is 0 Å². The molecule has 1 rings (SSSR count). The summed E-state index contributed by atoms with van der Waals surface area (Å²) < 4.78 is 0. The van der Waals surface area contributed by atoms with Crippen LogP contribution in [-0.2, 0) is 0 Å². The third kappa shape index (κ3) is 3.25. The Labute approximate surface area is 86.8 Å². The summed E-state index contributed by atoms with van der Waals surface area (Å²) in [6, 6.07) is 8.25. The number of rotatable bonds is 5. The highest BCUT2D eigenvalue weighted by Gasteiger charge is 1.97. The highest BCUT2D eigenvalue weighted by atomic mass is 14.9. The van der Waals surface area contributed by atoms with Crippen LogP contribution in [0.25, 0.3) is 6.08 Å². The minimum Gasteiger partial charge on any atom is -0.385 e. The van der Waals surface area contributed by atoms with Crippen molar-refractivity contribution in [2.24, 2.45) is 5.92 Å². The molecule has 0 amide bonds. The predicted octanol–water partition coefficient (Wildman–Crippen LogP) is 3.79. The number of para-hydroxylation sites is 1. The molecule has 0 atom stereocenters. The first-order chi connectivity index (χ1) is 6.74. The molecule has 1 nitrogen and oxygen atoms in total. The van der Waals surface area contributed by atoms with Gasteiger partial charge in [-0.25, -0.2) is 0 Å². The molecule has 0 fully saturated rings. The molecule has 0 bridgehead atoms. The zero-order chi connectivity index (χ0) is 10.4. The molecular formula is C13H19N. The fourth-order valence-electron chi connectivity index (χ4n) is 1.33. The third-order valence-corrected chi connectivity index (χ3v) is 2.22. The fraction of sp³-hybridized carbons (Fsp3) is 0.385. The Morgan fingerprint density at radius 2 is 2.07 bits per heavy atom. The maximum absolute atomic E-state index is 3.79. The zero-order valence-corrected chi connectivity index (χ0v) is 9.09. The van der Waals surface area contributed by atoms with Crippen LogP contribution in [0.1, 0.15) is 25.8 Å². The summed E-state index contributed by atoms with van der Waals surface area (Å²) in [4.78, 5) is 0. The van der Waals surface area contributed by atoms with Crippen LogP contribution in [0.4, 0.5) is 5.69 Å². The molecule has 1 heteroatoms. The minimum atomic E-state index is 0.749. The Morgan fingerprint density at radius 3 is 2.71 bits per heavy atom. The first kappa shape index (κ1) is 10.8. The predicted molar refractivity (Wildman–Crippen MR) is 64.5 cm³/mol. The quantitative estimate of drug-likeness (QED) is 0.743.